The molecule has 0 saturated heterocycles. The first-order valence-corrected chi connectivity index (χ1v) is 18.9. The number of allylic oxidation sites excluding steroid dienone is 1. The minimum absolute atomic E-state index is 0.665. The zero-order valence-electron chi connectivity index (χ0n) is 28.9. The number of hydrogen-bond donors (Lipinski definition) is 0. The second-order valence-corrected chi connectivity index (χ2v) is 15.0. The van der Waals surface area contributed by atoms with E-state index < -0.39 is 0 Å². The molecule has 0 spiro atoms. The number of hydrogen-bond acceptors (Lipinski definition) is 5. The van der Waals surface area contributed by atoms with Gasteiger partial charge >= 0.3 is 0 Å². The van der Waals surface area contributed by atoms with E-state index in [1.807, 2.05) is 23.5 Å². The summed E-state index contributed by atoms with van der Waals surface area (Å²) in [7, 11) is 0. The van der Waals surface area contributed by atoms with Gasteiger partial charge in [0.25, 0.3) is 0 Å². The third-order valence-corrected chi connectivity index (χ3v) is 11.9. The van der Waals surface area contributed by atoms with Gasteiger partial charge in [-0.15, -0.1) is 11.3 Å². The Balaban J connectivity index is 1.14. The molecular weight excluding hydrogens is 667 g/mol. The second kappa shape index (κ2) is 11.8. The lowest BCUT2D eigenvalue weighted by Crippen LogP contribution is -2.06. The fraction of sp³-hybridized carbons (Fsp3) is 0.0625. The average molecular weight is 698 g/mol. The highest BCUT2D eigenvalue weighted by Gasteiger charge is 2.24. The van der Waals surface area contributed by atoms with Crippen molar-refractivity contribution in [2.75, 3.05) is 0 Å². The molecule has 0 N–H and O–H groups in total. The lowest BCUT2D eigenvalue weighted by Gasteiger charge is -2.16. The fourth-order valence-electron chi connectivity index (χ4n) is 8.19. The minimum atomic E-state index is 0.665. The van der Waals surface area contributed by atoms with Crippen LogP contribution in [0.5, 0.6) is 0 Å². The molecule has 0 radical (unpaired) electrons. The van der Waals surface area contributed by atoms with E-state index in [0.717, 1.165) is 73.4 Å². The Morgan fingerprint density at radius 3 is 2.17 bits per heavy atom. The van der Waals surface area contributed by atoms with E-state index in [1.54, 1.807) is 0 Å². The Morgan fingerprint density at radius 1 is 0.547 bits per heavy atom. The van der Waals surface area contributed by atoms with Crippen molar-refractivity contribution in [3.63, 3.8) is 0 Å². The van der Waals surface area contributed by atoms with Crippen LogP contribution in [0.25, 0.3) is 93.0 Å². The fourth-order valence-corrected chi connectivity index (χ4v) is 9.48. The third kappa shape index (κ3) is 4.85. The van der Waals surface area contributed by atoms with Crippen LogP contribution in [0.15, 0.2) is 150 Å². The molecule has 0 atom stereocenters. The third-order valence-electron chi connectivity index (χ3n) is 10.7. The summed E-state index contributed by atoms with van der Waals surface area (Å²) in [6.45, 7) is 2.13. The van der Waals surface area contributed by atoms with Gasteiger partial charge in [0.1, 0.15) is 11.2 Å². The largest absolute Gasteiger partial charge is 0.456 e. The van der Waals surface area contributed by atoms with E-state index in [-0.39, 0.29) is 0 Å². The molecule has 11 rings (SSSR count). The molecule has 1 aliphatic rings. The summed E-state index contributed by atoms with van der Waals surface area (Å²) in [5, 5.41) is 8.17. The van der Waals surface area contributed by atoms with Crippen molar-refractivity contribution in [1.82, 2.24) is 15.0 Å². The predicted molar refractivity (Wildman–Crippen MR) is 220 cm³/mol. The molecule has 0 aliphatic heterocycles. The minimum Gasteiger partial charge on any atom is -0.456 e. The van der Waals surface area contributed by atoms with Crippen LogP contribution >= 0.6 is 11.3 Å². The van der Waals surface area contributed by atoms with Crippen LogP contribution in [-0.4, -0.2) is 15.0 Å². The van der Waals surface area contributed by atoms with Crippen LogP contribution in [0.4, 0.5) is 0 Å². The van der Waals surface area contributed by atoms with Gasteiger partial charge in [0.2, 0.25) is 0 Å². The van der Waals surface area contributed by atoms with Crippen LogP contribution in [0.2, 0.25) is 0 Å². The number of thiophene rings is 1. The summed E-state index contributed by atoms with van der Waals surface area (Å²) < 4.78 is 7.59. The molecule has 5 heteroatoms. The van der Waals surface area contributed by atoms with Gasteiger partial charge in [-0.1, -0.05) is 121 Å². The van der Waals surface area contributed by atoms with Crippen LogP contribution in [-0.2, 0) is 6.42 Å². The molecule has 10 aromatic rings. The van der Waals surface area contributed by atoms with Gasteiger partial charge in [0, 0.05) is 37.0 Å². The molecule has 0 unspecified atom stereocenters. The highest BCUT2D eigenvalue weighted by molar-refractivity contribution is 7.20. The number of fused-ring (bicyclic) bond motifs is 8. The SMILES string of the molecule is Cc1ccc2ccc(-c3nc(C4=CCCc5c4sc4ccccc54)nc(-c4ccc(-c5cccc6oc7ccccc7c56)c5ccccc45)n3)cc2c1. The summed E-state index contributed by atoms with van der Waals surface area (Å²) in [5.74, 6) is 2.05. The topological polar surface area (TPSA) is 51.8 Å². The maximum Gasteiger partial charge on any atom is 0.165 e. The van der Waals surface area contributed by atoms with Crippen molar-refractivity contribution in [3.05, 3.63) is 167 Å². The van der Waals surface area contributed by atoms with E-state index in [9.17, 15) is 0 Å². The maximum absolute atomic E-state index is 6.29. The van der Waals surface area contributed by atoms with Gasteiger partial charge in [0.15, 0.2) is 17.5 Å². The summed E-state index contributed by atoms with van der Waals surface area (Å²) in [6.07, 6.45) is 4.28. The van der Waals surface area contributed by atoms with Crippen molar-refractivity contribution in [3.8, 4) is 33.9 Å². The molecular formula is C48H31N3OS. The van der Waals surface area contributed by atoms with Gasteiger partial charge < -0.3 is 4.42 Å². The first-order valence-electron chi connectivity index (χ1n) is 18.1. The van der Waals surface area contributed by atoms with Crippen LogP contribution < -0.4 is 0 Å². The number of nitrogens with zero attached hydrogens (tertiary/aromatic N) is 3. The lowest BCUT2D eigenvalue weighted by molar-refractivity contribution is 0.669. The van der Waals surface area contributed by atoms with Gasteiger partial charge in [-0.3, -0.25) is 0 Å². The highest BCUT2D eigenvalue weighted by atomic mass is 32.1. The van der Waals surface area contributed by atoms with Crippen molar-refractivity contribution in [2.45, 2.75) is 19.8 Å². The van der Waals surface area contributed by atoms with Gasteiger partial charge in [0.05, 0.1) is 0 Å². The van der Waals surface area contributed by atoms with Crippen LogP contribution in [0.1, 0.15) is 28.2 Å². The maximum atomic E-state index is 6.29. The molecule has 4 nitrogen and oxygen atoms in total. The zero-order chi connectivity index (χ0) is 35.0. The molecule has 0 amide bonds. The van der Waals surface area contributed by atoms with Gasteiger partial charge in [-0.25, -0.2) is 15.0 Å². The first-order chi connectivity index (χ1) is 26.2. The van der Waals surface area contributed by atoms with E-state index in [4.69, 9.17) is 19.4 Å². The van der Waals surface area contributed by atoms with Crippen LogP contribution in [0, 0.1) is 6.92 Å². The smallest absolute Gasteiger partial charge is 0.165 e. The Kier molecular flexibility index (Phi) is 6.73. The monoisotopic (exact) mass is 697 g/mol. The highest BCUT2D eigenvalue weighted by Crippen LogP contribution is 2.44. The van der Waals surface area contributed by atoms with E-state index in [0.29, 0.717) is 17.5 Å². The molecule has 0 bridgehead atoms. The average Bonchev–Trinajstić information content (AvgIpc) is 3.79. The standard InChI is InChI=1S/C48H31N3OS/c1-28-20-21-29-22-23-30(27-31(29)26-28)46-49-47(51-48(50-46)40-16-8-15-37-35-12-5-7-19-43(35)53-45(37)40)38-25-24-34(32-10-2-3-11-33(32)38)36-14-9-18-42-44(36)39-13-4-6-17-41(39)52-42/h2-7,9-14,16-27H,8,15H2,1H3. The Hall–Kier alpha value is -6.43. The van der Waals surface area contributed by atoms with Crippen molar-refractivity contribution in [2.24, 2.45) is 0 Å². The predicted octanol–water partition coefficient (Wildman–Crippen LogP) is 13.0. The summed E-state index contributed by atoms with van der Waals surface area (Å²) in [6, 6.07) is 49.4. The normalized spacial score (nSPS) is 13.0. The van der Waals surface area contributed by atoms with E-state index in [1.165, 1.54) is 36.9 Å². The van der Waals surface area contributed by atoms with E-state index >= 15 is 0 Å². The molecule has 0 fully saturated rings. The lowest BCUT2D eigenvalue weighted by atomic mass is 9.92. The molecule has 3 heterocycles. The Morgan fingerprint density at radius 2 is 1.26 bits per heavy atom. The molecule has 53 heavy (non-hydrogen) atoms. The molecule has 7 aromatic carbocycles. The summed E-state index contributed by atoms with van der Waals surface area (Å²) in [5.41, 5.74) is 9.72. The molecule has 3 aromatic heterocycles. The molecule has 0 saturated carbocycles. The van der Waals surface area contributed by atoms with Crippen molar-refractivity contribution < 1.29 is 4.42 Å². The summed E-state index contributed by atoms with van der Waals surface area (Å²) >= 11 is 1.84. The Bertz CT molecular complexity index is 3150. The number of aromatic nitrogens is 3. The molecule has 250 valence electrons. The summed E-state index contributed by atoms with van der Waals surface area (Å²) in [4.78, 5) is 17.1. The quantitative estimate of drug-likeness (QED) is 0.184. The zero-order valence-corrected chi connectivity index (χ0v) is 29.7. The number of para-hydroxylation sites is 1. The van der Waals surface area contributed by atoms with E-state index in [2.05, 4.69) is 140 Å². The van der Waals surface area contributed by atoms with Crippen molar-refractivity contribution >= 4 is 70.5 Å². The van der Waals surface area contributed by atoms with Gasteiger partial charge in [-0.05, 0) is 93.7 Å². The first kappa shape index (κ1) is 30.2. The number of rotatable bonds is 4. The molecule has 1 aliphatic carbocycles. The number of furan rings is 1. The van der Waals surface area contributed by atoms with Gasteiger partial charge in [-0.2, -0.15) is 0 Å². The number of aryl methyl sites for hydroxylation is 2. The van der Waals surface area contributed by atoms with Crippen molar-refractivity contribution in [1.29, 1.82) is 0 Å². The Labute approximate surface area is 309 Å². The second-order valence-electron chi connectivity index (χ2n) is 13.9. The number of benzene rings is 7. The van der Waals surface area contributed by atoms with Crippen LogP contribution in [0.3, 0.4) is 0 Å².